The van der Waals surface area contributed by atoms with Gasteiger partial charge in [-0.15, -0.1) is 6.58 Å². The molecule has 2 aliphatic rings. The lowest BCUT2D eigenvalue weighted by molar-refractivity contribution is -0.121. The average molecular weight is 302 g/mol. The van der Waals surface area contributed by atoms with Crippen LogP contribution in [0.5, 0.6) is 5.75 Å². The van der Waals surface area contributed by atoms with Crippen LogP contribution in [0.2, 0.25) is 0 Å². The lowest BCUT2D eigenvalue weighted by Gasteiger charge is -2.31. The van der Waals surface area contributed by atoms with Crippen LogP contribution in [-0.2, 0) is 4.79 Å². The Bertz CT molecular complexity index is 567. The lowest BCUT2D eigenvalue weighted by atomic mass is 9.94. The standard InChI is InChI=1S/C17H22N2O3/c1-2-9-19-14-10-12(6-7-15(14)22-11-16(19)20)17(21)13-5-3-4-8-18-13/h2,6-7,10,13,17-18,21H,1,3-5,8-9,11H2. The third-order valence-corrected chi connectivity index (χ3v) is 4.31. The van der Waals surface area contributed by atoms with Crippen LogP contribution < -0.4 is 15.0 Å². The zero-order valence-electron chi connectivity index (χ0n) is 12.6. The number of anilines is 1. The van der Waals surface area contributed by atoms with Gasteiger partial charge in [-0.05, 0) is 37.1 Å². The molecule has 0 saturated carbocycles. The first kappa shape index (κ1) is 15.1. The molecule has 5 nitrogen and oxygen atoms in total. The van der Waals surface area contributed by atoms with Crippen LogP contribution in [0.15, 0.2) is 30.9 Å². The van der Waals surface area contributed by atoms with E-state index in [0.717, 1.165) is 31.4 Å². The van der Waals surface area contributed by atoms with Crippen molar-refractivity contribution < 1.29 is 14.6 Å². The zero-order valence-corrected chi connectivity index (χ0v) is 12.6. The minimum Gasteiger partial charge on any atom is -0.482 e. The number of fused-ring (bicyclic) bond motifs is 1. The first-order chi connectivity index (χ1) is 10.7. The molecule has 2 aliphatic heterocycles. The molecule has 1 amide bonds. The van der Waals surface area contributed by atoms with E-state index in [1.165, 1.54) is 0 Å². The van der Waals surface area contributed by atoms with Crippen LogP contribution in [0.25, 0.3) is 0 Å². The molecule has 2 unspecified atom stereocenters. The Morgan fingerprint density at radius 2 is 2.36 bits per heavy atom. The lowest BCUT2D eigenvalue weighted by Crippen LogP contribution is -2.40. The highest BCUT2D eigenvalue weighted by molar-refractivity contribution is 5.98. The van der Waals surface area contributed by atoms with E-state index in [9.17, 15) is 9.90 Å². The van der Waals surface area contributed by atoms with Gasteiger partial charge in [0.1, 0.15) is 5.75 Å². The molecule has 2 atom stereocenters. The summed E-state index contributed by atoms with van der Waals surface area (Å²) in [5, 5.41) is 14.0. The van der Waals surface area contributed by atoms with Crippen molar-refractivity contribution in [2.75, 3.05) is 24.6 Å². The van der Waals surface area contributed by atoms with Crippen LogP contribution in [0, 0.1) is 0 Å². The van der Waals surface area contributed by atoms with E-state index in [-0.39, 0.29) is 18.6 Å². The van der Waals surface area contributed by atoms with Gasteiger partial charge in [0, 0.05) is 12.6 Å². The van der Waals surface area contributed by atoms with Gasteiger partial charge in [0.15, 0.2) is 6.61 Å². The van der Waals surface area contributed by atoms with Gasteiger partial charge < -0.3 is 20.1 Å². The number of amides is 1. The van der Waals surface area contributed by atoms with Crippen molar-refractivity contribution >= 4 is 11.6 Å². The monoisotopic (exact) mass is 302 g/mol. The van der Waals surface area contributed by atoms with Crippen molar-refractivity contribution in [1.82, 2.24) is 5.32 Å². The van der Waals surface area contributed by atoms with Crippen molar-refractivity contribution in [3.63, 3.8) is 0 Å². The smallest absolute Gasteiger partial charge is 0.265 e. The third-order valence-electron chi connectivity index (χ3n) is 4.31. The van der Waals surface area contributed by atoms with Gasteiger partial charge in [0.2, 0.25) is 0 Å². The van der Waals surface area contributed by atoms with Gasteiger partial charge in [-0.1, -0.05) is 18.6 Å². The molecule has 0 aliphatic carbocycles. The highest BCUT2D eigenvalue weighted by atomic mass is 16.5. The molecule has 0 bridgehead atoms. The number of nitrogens with one attached hydrogen (secondary N) is 1. The normalized spacial score (nSPS) is 22.7. The highest BCUT2D eigenvalue weighted by Gasteiger charge is 2.28. The molecule has 1 aromatic carbocycles. The number of rotatable bonds is 4. The van der Waals surface area contributed by atoms with Crippen molar-refractivity contribution in [3.8, 4) is 5.75 Å². The van der Waals surface area contributed by atoms with Crippen LogP contribution in [-0.4, -0.2) is 36.8 Å². The first-order valence-corrected chi connectivity index (χ1v) is 7.80. The van der Waals surface area contributed by atoms with E-state index in [1.807, 2.05) is 18.2 Å². The molecule has 0 radical (unpaired) electrons. The number of piperidine rings is 1. The molecule has 0 spiro atoms. The molecular formula is C17H22N2O3. The fraction of sp³-hybridized carbons (Fsp3) is 0.471. The predicted octanol–water partition coefficient (Wildman–Crippen LogP) is 1.77. The number of aliphatic hydroxyl groups is 1. The second-order valence-corrected chi connectivity index (χ2v) is 5.81. The van der Waals surface area contributed by atoms with Crippen molar-refractivity contribution in [2.45, 2.75) is 31.4 Å². The number of hydrogen-bond donors (Lipinski definition) is 2. The predicted molar refractivity (Wildman–Crippen MR) is 85.1 cm³/mol. The minimum absolute atomic E-state index is 0.0485. The maximum absolute atomic E-state index is 12.0. The quantitative estimate of drug-likeness (QED) is 0.832. The summed E-state index contributed by atoms with van der Waals surface area (Å²) in [5.74, 6) is 0.587. The Morgan fingerprint density at radius 3 is 3.09 bits per heavy atom. The molecule has 1 saturated heterocycles. The molecule has 1 aromatic rings. The molecule has 0 aromatic heterocycles. The largest absolute Gasteiger partial charge is 0.482 e. The second-order valence-electron chi connectivity index (χ2n) is 5.81. The number of carbonyl (C=O) groups is 1. The Kier molecular flexibility index (Phi) is 4.45. The Morgan fingerprint density at radius 1 is 1.50 bits per heavy atom. The molecule has 118 valence electrons. The molecular weight excluding hydrogens is 280 g/mol. The fourth-order valence-electron chi connectivity index (χ4n) is 3.11. The summed E-state index contributed by atoms with van der Waals surface area (Å²) in [6.07, 6.45) is 4.36. The van der Waals surface area contributed by atoms with E-state index in [1.54, 1.807) is 11.0 Å². The van der Waals surface area contributed by atoms with Crippen LogP contribution in [0.1, 0.15) is 30.9 Å². The van der Waals surface area contributed by atoms with E-state index < -0.39 is 6.10 Å². The summed E-state index contributed by atoms with van der Waals surface area (Å²) in [6.45, 7) is 5.13. The topological polar surface area (TPSA) is 61.8 Å². The molecule has 2 heterocycles. The summed E-state index contributed by atoms with van der Waals surface area (Å²) < 4.78 is 5.47. The fourth-order valence-corrected chi connectivity index (χ4v) is 3.11. The summed E-state index contributed by atoms with van der Waals surface area (Å²) in [7, 11) is 0. The Balaban J connectivity index is 1.88. The highest BCUT2D eigenvalue weighted by Crippen LogP contribution is 2.35. The molecule has 2 N–H and O–H groups in total. The average Bonchev–Trinajstić information content (AvgIpc) is 2.57. The number of aliphatic hydroxyl groups excluding tert-OH is 1. The van der Waals surface area contributed by atoms with Crippen LogP contribution >= 0.6 is 0 Å². The number of hydrogen-bond acceptors (Lipinski definition) is 4. The van der Waals surface area contributed by atoms with Gasteiger partial charge in [-0.3, -0.25) is 4.79 Å². The third kappa shape index (κ3) is 2.87. The van der Waals surface area contributed by atoms with Crippen molar-refractivity contribution in [2.24, 2.45) is 0 Å². The number of carbonyl (C=O) groups excluding carboxylic acids is 1. The number of benzene rings is 1. The molecule has 3 rings (SSSR count). The summed E-state index contributed by atoms with van der Waals surface area (Å²) in [6, 6.07) is 5.64. The number of ether oxygens (including phenoxy) is 1. The van der Waals surface area contributed by atoms with Gasteiger partial charge >= 0.3 is 0 Å². The Labute approximate surface area is 130 Å². The molecule has 5 heteroatoms. The van der Waals surface area contributed by atoms with Crippen LogP contribution in [0.3, 0.4) is 0 Å². The Hall–Kier alpha value is -1.85. The van der Waals surface area contributed by atoms with E-state index >= 15 is 0 Å². The SMILES string of the molecule is C=CCN1C(=O)COc2ccc(C(O)C3CCCCN3)cc21. The summed E-state index contributed by atoms with van der Waals surface area (Å²) in [4.78, 5) is 13.7. The first-order valence-electron chi connectivity index (χ1n) is 7.80. The van der Waals surface area contributed by atoms with E-state index in [2.05, 4.69) is 11.9 Å². The van der Waals surface area contributed by atoms with Crippen molar-refractivity contribution in [3.05, 3.63) is 36.4 Å². The summed E-state index contributed by atoms with van der Waals surface area (Å²) in [5.41, 5.74) is 1.52. The van der Waals surface area contributed by atoms with Crippen molar-refractivity contribution in [1.29, 1.82) is 0 Å². The van der Waals surface area contributed by atoms with E-state index in [4.69, 9.17) is 4.74 Å². The zero-order chi connectivity index (χ0) is 15.5. The van der Waals surface area contributed by atoms with Gasteiger partial charge in [-0.2, -0.15) is 0 Å². The maximum atomic E-state index is 12.0. The van der Waals surface area contributed by atoms with Gasteiger partial charge in [-0.25, -0.2) is 0 Å². The second kappa shape index (κ2) is 6.50. The minimum atomic E-state index is -0.576. The maximum Gasteiger partial charge on any atom is 0.265 e. The summed E-state index contributed by atoms with van der Waals surface area (Å²) >= 11 is 0. The van der Waals surface area contributed by atoms with Gasteiger partial charge in [0.05, 0.1) is 11.8 Å². The van der Waals surface area contributed by atoms with Gasteiger partial charge in [0.25, 0.3) is 5.91 Å². The molecule has 1 fully saturated rings. The number of nitrogens with zero attached hydrogens (tertiary/aromatic N) is 1. The van der Waals surface area contributed by atoms with Crippen LogP contribution in [0.4, 0.5) is 5.69 Å². The molecule has 22 heavy (non-hydrogen) atoms. The van der Waals surface area contributed by atoms with E-state index in [0.29, 0.717) is 18.0 Å².